The Labute approximate surface area is 113 Å². The molecule has 0 aromatic heterocycles. The zero-order valence-corrected chi connectivity index (χ0v) is 11.0. The average molecular weight is 260 g/mol. The third-order valence-corrected chi connectivity index (χ3v) is 4.18. The SMILES string of the molecule is O=C([C@@H]1C[C@@H](O)CN1)N1CC[C@H](c2ccccc2)C1. The molecular weight excluding hydrogens is 240 g/mol. The second-order valence-electron chi connectivity index (χ2n) is 5.53. The molecule has 1 amide bonds. The minimum absolute atomic E-state index is 0.148. The van der Waals surface area contributed by atoms with Crippen molar-refractivity contribution >= 4 is 5.91 Å². The highest BCUT2D eigenvalue weighted by Gasteiger charge is 2.34. The minimum atomic E-state index is -0.374. The van der Waals surface area contributed by atoms with E-state index >= 15 is 0 Å². The van der Waals surface area contributed by atoms with Gasteiger partial charge in [0.15, 0.2) is 0 Å². The van der Waals surface area contributed by atoms with Crippen LogP contribution in [0.4, 0.5) is 0 Å². The molecule has 2 aliphatic heterocycles. The molecule has 0 aliphatic carbocycles. The third kappa shape index (κ3) is 2.65. The highest BCUT2D eigenvalue weighted by Crippen LogP contribution is 2.27. The fraction of sp³-hybridized carbons (Fsp3) is 0.533. The number of hydrogen-bond donors (Lipinski definition) is 2. The molecule has 3 rings (SSSR count). The van der Waals surface area contributed by atoms with E-state index in [9.17, 15) is 9.90 Å². The van der Waals surface area contributed by atoms with E-state index in [1.165, 1.54) is 5.56 Å². The van der Waals surface area contributed by atoms with Crippen LogP contribution in [0.25, 0.3) is 0 Å². The van der Waals surface area contributed by atoms with E-state index in [1.807, 2.05) is 11.0 Å². The maximum absolute atomic E-state index is 12.3. The first kappa shape index (κ1) is 12.6. The normalized spacial score (nSPS) is 30.8. The van der Waals surface area contributed by atoms with E-state index in [4.69, 9.17) is 0 Å². The highest BCUT2D eigenvalue weighted by molar-refractivity contribution is 5.82. The molecule has 3 atom stereocenters. The third-order valence-electron chi connectivity index (χ3n) is 4.18. The van der Waals surface area contributed by atoms with Crippen LogP contribution in [-0.2, 0) is 4.79 Å². The summed E-state index contributed by atoms with van der Waals surface area (Å²) in [6.07, 6.45) is 1.21. The predicted octanol–water partition coefficient (Wildman–Crippen LogP) is 0.725. The summed E-state index contributed by atoms with van der Waals surface area (Å²) in [6.45, 7) is 2.16. The van der Waals surface area contributed by atoms with Gasteiger partial charge in [-0.2, -0.15) is 0 Å². The molecule has 0 spiro atoms. The summed E-state index contributed by atoms with van der Waals surface area (Å²) in [5.41, 5.74) is 1.32. The molecule has 4 nitrogen and oxygen atoms in total. The summed E-state index contributed by atoms with van der Waals surface area (Å²) < 4.78 is 0. The molecule has 19 heavy (non-hydrogen) atoms. The zero-order chi connectivity index (χ0) is 13.2. The number of β-amino-alcohol motifs (C(OH)–C–C–N with tert-alkyl or cyclic N) is 1. The Kier molecular flexibility index (Phi) is 3.53. The molecule has 0 saturated carbocycles. The number of amides is 1. The Morgan fingerprint density at radius 3 is 2.79 bits per heavy atom. The van der Waals surface area contributed by atoms with Gasteiger partial charge in [-0.25, -0.2) is 0 Å². The van der Waals surface area contributed by atoms with Crippen molar-refractivity contribution in [2.24, 2.45) is 0 Å². The quantitative estimate of drug-likeness (QED) is 0.824. The average Bonchev–Trinajstić information content (AvgIpc) is 3.08. The number of nitrogens with one attached hydrogen (secondary N) is 1. The van der Waals surface area contributed by atoms with Crippen LogP contribution in [0.2, 0.25) is 0 Å². The highest BCUT2D eigenvalue weighted by atomic mass is 16.3. The molecule has 1 aromatic carbocycles. The van der Waals surface area contributed by atoms with Crippen LogP contribution in [0.5, 0.6) is 0 Å². The second-order valence-corrected chi connectivity index (χ2v) is 5.53. The van der Waals surface area contributed by atoms with Crippen LogP contribution in [-0.4, -0.2) is 47.7 Å². The molecule has 4 heteroatoms. The van der Waals surface area contributed by atoms with Crippen LogP contribution in [0, 0.1) is 0 Å². The number of carbonyl (C=O) groups excluding carboxylic acids is 1. The van der Waals surface area contributed by atoms with Crippen molar-refractivity contribution in [2.75, 3.05) is 19.6 Å². The first-order valence-electron chi connectivity index (χ1n) is 6.99. The number of benzene rings is 1. The zero-order valence-electron chi connectivity index (χ0n) is 11.0. The van der Waals surface area contributed by atoms with Gasteiger partial charge in [0, 0.05) is 25.6 Å². The lowest BCUT2D eigenvalue weighted by Crippen LogP contribution is -2.42. The number of aliphatic hydroxyl groups excluding tert-OH is 1. The van der Waals surface area contributed by atoms with Crippen molar-refractivity contribution in [1.29, 1.82) is 0 Å². The Hall–Kier alpha value is -1.39. The summed E-state index contributed by atoms with van der Waals surface area (Å²) in [6, 6.07) is 10.2. The lowest BCUT2D eigenvalue weighted by Gasteiger charge is -2.20. The maximum Gasteiger partial charge on any atom is 0.239 e. The predicted molar refractivity (Wildman–Crippen MR) is 72.8 cm³/mol. The maximum atomic E-state index is 12.3. The van der Waals surface area contributed by atoms with Gasteiger partial charge in [-0.15, -0.1) is 0 Å². The standard InChI is InChI=1S/C15H20N2O2/c18-13-8-14(16-9-13)15(19)17-7-6-12(10-17)11-4-2-1-3-5-11/h1-5,12-14,16,18H,6-10H2/t12-,13+,14-/m0/s1. The van der Waals surface area contributed by atoms with E-state index in [2.05, 4.69) is 29.6 Å². The van der Waals surface area contributed by atoms with Crippen molar-refractivity contribution in [1.82, 2.24) is 10.2 Å². The molecule has 0 radical (unpaired) electrons. The second kappa shape index (κ2) is 5.31. The summed E-state index contributed by atoms with van der Waals surface area (Å²) in [7, 11) is 0. The van der Waals surface area contributed by atoms with Crippen molar-refractivity contribution in [3.63, 3.8) is 0 Å². The van der Waals surface area contributed by atoms with Gasteiger partial charge in [0.25, 0.3) is 0 Å². The number of hydrogen-bond acceptors (Lipinski definition) is 3. The van der Waals surface area contributed by atoms with Crippen molar-refractivity contribution < 1.29 is 9.90 Å². The van der Waals surface area contributed by atoms with Crippen LogP contribution in [0.1, 0.15) is 24.3 Å². The van der Waals surface area contributed by atoms with Gasteiger partial charge in [-0.05, 0) is 18.4 Å². The van der Waals surface area contributed by atoms with E-state index in [0.717, 1.165) is 19.5 Å². The van der Waals surface area contributed by atoms with E-state index in [-0.39, 0.29) is 18.1 Å². The van der Waals surface area contributed by atoms with Gasteiger partial charge in [-0.3, -0.25) is 4.79 Å². The lowest BCUT2D eigenvalue weighted by molar-refractivity contribution is -0.132. The Bertz CT molecular complexity index is 449. The van der Waals surface area contributed by atoms with E-state index in [1.54, 1.807) is 0 Å². The van der Waals surface area contributed by atoms with Crippen LogP contribution in [0.3, 0.4) is 0 Å². The van der Waals surface area contributed by atoms with Crippen molar-refractivity contribution in [3.8, 4) is 0 Å². The Morgan fingerprint density at radius 1 is 1.32 bits per heavy atom. The minimum Gasteiger partial charge on any atom is -0.392 e. The fourth-order valence-corrected chi connectivity index (χ4v) is 3.08. The van der Waals surface area contributed by atoms with Gasteiger partial charge in [0.1, 0.15) is 0 Å². The topological polar surface area (TPSA) is 52.6 Å². The van der Waals surface area contributed by atoms with Crippen LogP contribution < -0.4 is 5.32 Å². The molecule has 102 valence electrons. The van der Waals surface area contributed by atoms with E-state index < -0.39 is 0 Å². The molecule has 2 N–H and O–H groups in total. The van der Waals surface area contributed by atoms with Crippen molar-refractivity contribution in [2.45, 2.75) is 30.9 Å². The van der Waals surface area contributed by atoms with Crippen molar-refractivity contribution in [3.05, 3.63) is 35.9 Å². The fourth-order valence-electron chi connectivity index (χ4n) is 3.08. The molecule has 2 fully saturated rings. The van der Waals surface area contributed by atoms with Crippen LogP contribution in [0.15, 0.2) is 30.3 Å². The summed E-state index contributed by atoms with van der Waals surface area (Å²) in [5.74, 6) is 0.603. The van der Waals surface area contributed by atoms with Gasteiger partial charge in [0.05, 0.1) is 12.1 Å². The first-order valence-corrected chi connectivity index (χ1v) is 6.99. The first-order chi connectivity index (χ1) is 9.24. The number of carbonyl (C=O) groups is 1. The van der Waals surface area contributed by atoms with E-state index in [0.29, 0.717) is 18.9 Å². The monoisotopic (exact) mass is 260 g/mol. The van der Waals surface area contributed by atoms with Gasteiger partial charge in [0.2, 0.25) is 5.91 Å². The molecule has 0 bridgehead atoms. The summed E-state index contributed by atoms with van der Waals surface area (Å²) in [5, 5.41) is 12.6. The number of nitrogens with zero attached hydrogens (tertiary/aromatic N) is 1. The molecule has 2 heterocycles. The molecule has 0 unspecified atom stereocenters. The number of aliphatic hydroxyl groups is 1. The molecular formula is C15H20N2O2. The number of likely N-dealkylation sites (tertiary alicyclic amines) is 1. The Morgan fingerprint density at radius 2 is 2.11 bits per heavy atom. The van der Waals surface area contributed by atoms with Crippen LogP contribution >= 0.6 is 0 Å². The van der Waals surface area contributed by atoms with Gasteiger partial charge >= 0.3 is 0 Å². The van der Waals surface area contributed by atoms with Gasteiger partial charge < -0.3 is 15.3 Å². The summed E-state index contributed by atoms with van der Waals surface area (Å²) >= 11 is 0. The largest absolute Gasteiger partial charge is 0.392 e. The molecule has 2 saturated heterocycles. The smallest absolute Gasteiger partial charge is 0.239 e. The molecule has 1 aromatic rings. The summed E-state index contributed by atoms with van der Waals surface area (Å²) in [4.78, 5) is 14.3. The number of rotatable bonds is 2. The Balaban J connectivity index is 1.61. The molecule has 2 aliphatic rings. The van der Waals surface area contributed by atoms with Gasteiger partial charge in [-0.1, -0.05) is 30.3 Å². The lowest BCUT2D eigenvalue weighted by atomic mass is 9.99.